The highest BCUT2D eigenvalue weighted by atomic mass is 19.4. The van der Waals surface area contributed by atoms with Gasteiger partial charge < -0.3 is 14.2 Å². The number of hydrogen-bond acceptors (Lipinski definition) is 3. The van der Waals surface area contributed by atoms with E-state index in [1.165, 1.54) is 0 Å². The zero-order valence-electron chi connectivity index (χ0n) is 15.8. The van der Waals surface area contributed by atoms with E-state index in [0.717, 1.165) is 34.8 Å². The number of para-hydroxylation sites is 1. The lowest BCUT2D eigenvalue weighted by Crippen LogP contribution is -2.32. The number of alkyl halides is 3. The molecular formula is C21H20F3N3O2. The average molecular weight is 403 g/mol. The summed E-state index contributed by atoms with van der Waals surface area (Å²) in [6.45, 7) is 0.842. The zero-order valence-corrected chi connectivity index (χ0v) is 15.8. The molecule has 5 nitrogen and oxygen atoms in total. The maximum atomic E-state index is 12.8. The van der Waals surface area contributed by atoms with Crippen LogP contribution in [-0.2, 0) is 24.4 Å². The Kier molecular flexibility index (Phi) is 4.94. The van der Waals surface area contributed by atoms with Crippen molar-refractivity contribution < 1.29 is 22.7 Å². The predicted octanol–water partition coefficient (Wildman–Crippen LogP) is 3.81. The van der Waals surface area contributed by atoms with E-state index in [4.69, 9.17) is 4.74 Å². The van der Waals surface area contributed by atoms with Crippen LogP contribution in [0.15, 0.2) is 48.8 Å². The van der Waals surface area contributed by atoms with Crippen LogP contribution in [0.3, 0.4) is 0 Å². The fourth-order valence-electron chi connectivity index (χ4n) is 3.71. The Balaban J connectivity index is 1.40. The molecule has 0 N–H and O–H groups in total. The van der Waals surface area contributed by atoms with Crippen LogP contribution in [0.25, 0.3) is 10.9 Å². The SMILES string of the molecule is Cn1cc(CC(=O)N2CC[C@H](Oc3cc(C(F)(F)F)ccn3)C2)c2ccccc21. The first-order valence-corrected chi connectivity index (χ1v) is 9.32. The number of likely N-dealkylation sites (tertiary alicyclic amines) is 1. The van der Waals surface area contributed by atoms with E-state index in [2.05, 4.69) is 4.98 Å². The monoisotopic (exact) mass is 403 g/mol. The number of hydrogen-bond donors (Lipinski definition) is 0. The highest BCUT2D eigenvalue weighted by Gasteiger charge is 2.32. The van der Waals surface area contributed by atoms with Crippen molar-refractivity contribution in [3.63, 3.8) is 0 Å². The number of rotatable bonds is 4. The molecule has 1 aliphatic heterocycles. The summed E-state index contributed by atoms with van der Waals surface area (Å²) in [6.07, 6.45) is -0.954. The average Bonchev–Trinajstić information content (AvgIpc) is 3.27. The Morgan fingerprint density at radius 2 is 2.07 bits per heavy atom. The highest BCUT2D eigenvalue weighted by Crippen LogP contribution is 2.31. The number of halogens is 3. The van der Waals surface area contributed by atoms with Crippen molar-refractivity contribution in [2.45, 2.75) is 25.1 Å². The molecule has 1 atom stereocenters. The van der Waals surface area contributed by atoms with Crippen molar-refractivity contribution in [1.29, 1.82) is 0 Å². The van der Waals surface area contributed by atoms with Crippen molar-refractivity contribution in [2.24, 2.45) is 7.05 Å². The van der Waals surface area contributed by atoms with Crippen LogP contribution in [0.5, 0.6) is 5.88 Å². The van der Waals surface area contributed by atoms with E-state index in [0.29, 0.717) is 19.5 Å². The normalized spacial score (nSPS) is 17.1. The summed E-state index contributed by atoms with van der Waals surface area (Å²) in [4.78, 5) is 18.3. The van der Waals surface area contributed by atoms with E-state index in [9.17, 15) is 18.0 Å². The highest BCUT2D eigenvalue weighted by molar-refractivity contribution is 5.89. The summed E-state index contributed by atoms with van der Waals surface area (Å²) in [5, 5.41) is 1.04. The van der Waals surface area contributed by atoms with Gasteiger partial charge in [0.2, 0.25) is 11.8 Å². The van der Waals surface area contributed by atoms with Crippen molar-refractivity contribution in [3.05, 3.63) is 59.9 Å². The van der Waals surface area contributed by atoms with Crippen LogP contribution in [-0.4, -0.2) is 39.6 Å². The van der Waals surface area contributed by atoms with Gasteiger partial charge in [0.05, 0.1) is 18.5 Å². The first-order chi connectivity index (χ1) is 13.8. The third-order valence-corrected chi connectivity index (χ3v) is 5.17. The Morgan fingerprint density at radius 3 is 2.86 bits per heavy atom. The number of carbonyl (C=O) groups is 1. The van der Waals surface area contributed by atoms with Gasteiger partial charge in [-0.3, -0.25) is 4.79 Å². The van der Waals surface area contributed by atoms with E-state index in [1.807, 2.05) is 42.1 Å². The Hall–Kier alpha value is -3.03. The first kappa shape index (κ1) is 19.3. The second kappa shape index (κ2) is 7.42. The molecule has 3 heterocycles. The van der Waals surface area contributed by atoms with Gasteiger partial charge in [0, 0.05) is 49.4 Å². The molecule has 0 radical (unpaired) electrons. The van der Waals surface area contributed by atoms with Crippen LogP contribution in [0.4, 0.5) is 13.2 Å². The van der Waals surface area contributed by atoms with E-state index >= 15 is 0 Å². The van der Waals surface area contributed by atoms with E-state index in [1.54, 1.807) is 4.90 Å². The minimum atomic E-state index is -4.45. The second-order valence-electron chi connectivity index (χ2n) is 7.21. The maximum absolute atomic E-state index is 12.8. The Labute approximate surface area is 165 Å². The molecule has 1 amide bonds. The molecule has 4 rings (SSSR count). The molecule has 1 fully saturated rings. The number of carbonyl (C=O) groups excluding carboxylic acids is 1. The molecule has 1 saturated heterocycles. The predicted molar refractivity (Wildman–Crippen MR) is 101 cm³/mol. The molecule has 3 aromatic rings. The second-order valence-corrected chi connectivity index (χ2v) is 7.21. The van der Waals surface area contributed by atoms with Crippen molar-refractivity contribution >= 4 is 16.8 Å². The number of aryl methyl sites for hydroxylation is 1. The minimum Gasteiger partial charge on any atom is -0.472 e. The molecular weight excluding hydrogens is 383 g/mol. The molecule has 8 heteroatoms. The van der Waals surface area contributed by atoms with Gasteiger partial charge in [0.1, 0.15) is 6.10 Å². The van der Waals surface area contributed by atoms with E-state index in [-0.39, 0.29) is 24.3 Å². The smallest absolute Gasteiger partial charge is 0.416 e. The molecule has 0 unspecified atom stereocenters. The van der Waals surface area contributed by atoms with Gasteiger partial charge in [-0.15, -0.1) is 0 Å². The molecule has 1 aliphatic rings. The van der Waals surface area contributed by atoms with E-state index < -0.39 is 11.7 Å². The van der Waals surface area contributed by atoms with Gasteiger partial charge in [0.15, 0.2) is 0 Å². The summed E-state index contributed by atoms with van der Waals surface area (Å²) < 4.78 is 46.1. The Bertz CT molecular complexity index is 1050. The lowest BCUT2D eigenvalue weighted by atomic mass is 10.1. The van der Waals surface area contributed by atoms with Crippen LogP contribution >= 0.6 is 0 Å². The molecule has 29 heavy (non-hydrogen) atoms. The number of amides is 1. The largest absolute Gasteiger partial charge is 0.472 e. The van der Waals surface area contributed by atoms with Crippen LogP contribution in [0.1, 0.15) is 17.5 Å². The number of pyridine rings is 1. The summed E-state index contributed by atoms with van der Waals surface area (Å²) in [5.41, 5.74) is 1.22. The van der Waals surface area contributed by atoms with Gasteiger partial charge in [-0.05, 0) is 17.7 Å². The van der Waals surface area contributed by atoms with Gasteiger partial charge in [0.25, 0.3) is 0 Å². The number of fused-ring (bicyclic) bond motifs is 1. The topological polar surface area (TPSA) is 47.4 Å². The van der Waals surface area contributed by atoms with Gasteiger partial charge in [-0.2, -0.15) is 13.2 Å². The quantitative estimate of drug-likeness (QED) is 0.666. The number of nitrogens with zero attached hydrogens (tertiary/aromatic N) is 3. The van der Waals surface area contributed by atoms with Crippen molar-refractivity contribution in [2.75, 3.05) is 13.1 Å². The summed E-state index contributed by atoms with van der Waals surface area (Å²) in [7, 11) is 1.94. The third-order valence-electron chi connectivity index (χ3n) is 5.17. The van der Waals surface area contributed by atoms with Crippen molar-refractivity contribution in [3.8, 4) is 5.88 Å². The summed E-state index contributed by atoms with van der Waals surface area (Å²) in [5.74, 6) is -0.0994. The lowest BCUT2D eigenvalue weighted by molar-refractivity contribution is -0.137. The molecule has 2 aromatic heterocycles. The van der Waals surface area contributed by atoms with Gasteiger partial charge in [-0.25, -0.2) is 4.98 Å². The Morgan fingerprint density at radius 1 is 1.28 bits per heavy atom. The fourth-order valence-corrected chi connectivity index (χ4v) is 3.71. The molecule has 0 saturated carbocycles. The van der Waals surface area contributed by atoms with Crippen LogP contribution < -0.4 is 4.74 Å². The lowest BCUT2D eigenvalue weighted by Gasteiger charge is -2.17. The fraction of sp³-hybridized carbons (Fsp3) is 0.333. The van der Waals surface area contributed by atoms with Gasteiger partial charge in [-0.1, -0.05) is 18.2 Å². The molecule has 1 aromatic carbocycles. The van der Waals surface area contributed by atoms with Crippen LogP contribution in [0, 0.1) is 0 Å². The standard InChI is InChI=1S/C21H20F3N3O2/c1-26-12-14(17-4-2-3-5-18(17)26)10-20(28)27-9-7-16(13-27)29-19-11-15(6-8-25-19)21(22,23)24/h2-6,8,11-12,16H,7,9-10,13H2,1H3/t16-/m0/s1. The van der Waals surface area contributed by atoms with Gasteiger partial charge >= 0.3 is 6.18 Å². The third kappa shape index (κ3) is 4.06. The number of ether oxygens (including phenoxy) is 1. The maximum Gasteiger partial charge on any atom is 0.416 e. The number of benzene rings is 1. The molecule has 0 bridgehead atoms. The summed E-state index contributed by atoms with van der Waals surface area (Å²) in [6, 6.07) is 9.69. The first-order valence-electron chi connectivity index (χ1n) is 9.32. The molecule has 0 aliphatic carbocycles. The van der Waals surface area contributed by atoms with Crippen molar-refractivity contribution in [1.82, 2.24) is 14.5 Å². The zero-order chi connectivity index (χ0) is 20.6. The summed E-state index contributed by atoms with van der Waals surface area (Å²) >= 11 is 0. The molecule has 0 spiro atoms. The van der Waals surface area contributed by atoms with Crippen LogP contribution in [0.2, 0.25) is 0 Å². The molecule has 152 valence electrons. The minimum absolute atomic E-state index is 0.0237. The number of aromatic nitrogens is 2.